The van der Waals surface area contributed by atoms with E-state index in [1.165, 1.54) is 18.4 Å². The fourth-order valence-corrected chi connectivity index (χ4v) is 2.94. The Hall–Kier alpha value is -1.02. The summed E-state index contributed by atoms with van der Waals surface area (Å²) < 4.78 is 5.49. The van der Waals surface area contributed by atoms with E-state index in [-0.39, 0.29) is 5.41 Å². The van der Waals surface area contributed by atoms with E-state index in [2.05, 4.69) is 43.4 Å². The Balaban J connectivity index is 2.21. The summed E-state index contributed by atoms with van der Waals surface area (Å²) in [7, 11) is 0. The normalized spacial score (nSPS) is 28.3. The van der Waals surface area contributed by atoms with Crippen LogP contribution in [0.5, 0.6) is 5.75 Å². The molecule has 94 valence electrons. The summed E-state index contributed by atoms with van der Waals surface area (Å²) in [6.07, 6.45) is 2.41. The zero-order valence-corrected chi connectivity index (χ0v) is 11.1. The standard InChI is InChI=1S/C15H23NO/c1-4-14-15(3,10-11-16-14)12-6-8-13(9-7-12)17-5-2/h6-9,14,16H,4-5,10-11H2,1-3H3. The Bertz CT molecular complexity index is 360. The van der Waals surface area contributed by atoms with Crippen LogP contribution in [0.1, 0.15) is 39.2 Å². The molecule has 1 aromatic rings. The van der Waals surface area contributed by atoms with Gasteiger partial charge in [-0.15, -0.1) is 0 Å². The van der Waals surface area contributed by atoms with Crippen molar-refractivity contribution in [2.24, 2.45) is 0 Å². The Morgan fingerprint density at radius 1 is 1.29 bits per heavy atom. The van der Waals surface area contributed by atoms with Crippen LogP contribution in [0.25, 0.3) is 0 Å². The first-order chi connectivity index (χ1) is 8.20. The molecular formula is C15H23NO. The quantitative estimate of drug-likeness (QED) is 0.862. The van der Waals surface area contributed by atoms with Gasteiger partial charge in [0.2, 0.25) is 0 Å². The van der Waals surface area contributed by atoms with Crippen LogP contribution in [0.15, 0.2) is 24.3 Å². The van der Waals surface area contributed by atoms with Gasteiger partial charge in [-0.3, -0.25) is 0 Å². The maximum Gasteiger partial charge on any atom is 0.119 e. The molecule has 2 heteroatoms. The number of ether oxygens (including phenoxy) is 1. The van der Waals surface area contributed by atoms with Gasteiger partial charge < -0.3 is 10.1 Å². The van der Waals surface area contributed by atoms with Crippen LogP contribution in [0.3, 0.4) is 0 Å². The summed E-state index contributed by atoms with van der Waals surface area (Å²) in [6, 6.07) is 9.23. The topological polar surface area (TPSA) is 21.3 Å². The molecule has 1 aliphatic heterocycles. The number of benzene rings is 1. The molecule has 0 amide bonds. The number of hydrogen-bond donors (Lipinski definition) is 1. The molecule has 1 aromatic carbocycles. The number of nitrogens with one attached hydrogen (secondary N) is 1. The zero-order chi connectivity index (χ0) is 12.3. The lowest BCUT2D eigenvalue weighted by Crippen LogP contribution is -2.37. The molecule has 2 atom stereocenters. The van der Waals surface area contributed by atoms with Crippen molar-refractivity contribution in [2.45, 2.75) is 45.1 Å². The summed E-state index contributed by atoms with van der Waals surface area (Å²) in [5.74, 6) is 0.971. The Morgan fingerprint density at radius 3 is 2.59 bits per heavy atom. The van der Waals surface area contributed by atoms with Gasteiger partial charge >= 0.3 is 0 Å². The Labute approximate surface area is 104 Å². The molecule has 2 nitrogen and oxygen atoms in total. The van der Waals surface area contributed by atoms with Crippen LogP contribution < -0.4 is 10.1 Å². The summed E-state index contributed by atoms with van der Waals surface area (Å²) in [5, 5.41) is 3.60. The molecule has 0 aromatic heterocycles. The first-order valence-electron chi connectivity index (χ1n) is 6.67. The van der Waals surface area contributed by atoms with E-state index >= 15 is 0 Å². The number of rotatable bonds is 4. The minimum Gasteiger partial charge on any atom is -0.494 e. The number of hydrogen-bond acceptors (Lipinski definition) is 2. The molecule has 0 radical (unpaired) electrons. The van der Waals surface area contributed by atoms with E-state index in [0.717, 1.165) is 18.9 Å². The predicted molar refractivity (Wildman–Crippen MR) is 71.7 cm³/mol. The average molecular weight is 233 g/mol. The molecule has 17 heavy (non-hydrogen) atoms. The van der Waals surface area contributed by atoms with Crippen LogP contribution >= 0.6 is 0 Å². The van der Waals surface area contributed by atoms with E-state index in [9.17, 15) is 0 Å². The van der Waals surface area contributed by atoms with Gasteiger partial charge in [0.05, 0.1) is 6.61 Å². The van der Waals surface area contributed by atoms with Gasteiger partial charge in [0, 0.05) is 11.5 Å². The molecular weight excluding hydrogens is 210 g/mol. The van der Waals surface area contributed by atoms with E-state index in [1.807, 2.05) is 6.92 Å². The Morgan fingerprint density at radius 2 is 2.00 bits per heavy atom. The third-order valence-corrected chi connectivity index (χ3v) is 4.04. The van der Waals surface area contributed by atoms with Crippen LogP contribution in [-0.2, 0) is 5.41 Å². The molecule has 1 aliphatic rings. The SMILES string of the molecule is CCOc1ccc(C2(C)CCNC2CC)cc1. The molecule has 1 fully saturated rings. The second kappa shape index (κ2) is 5.09. The molecule has 1 heterocycles. The van der Waals surface area contributed by atoms with Gasteiger partial charge in [0.25, 0.3) is 0 Å². The predicted octanol–water partition coefficient (Wildman–Crippen LogP) is 3.11. The lowest BCUT2D eigenvalue weighted by atomic mass is 9.75. The van der Waals surface area contributed by atoms with E-state index in [1.54, 1.807) is 0 Å². The molecule has 1 saturated heterocycles. The first kappa shape index (κ1) is 12.4. The molecule has 0 saturated carbocycles. The van der Waals surface area contributed by atoms with Gasteiger partial charge in [-0.05, 0) is 44.0 Å². The highest BCUT2D eigenvalue weighted by atomic mass is 16.5. The van der Waals surface area contributed by atoms with Crippen molar-refractivity contribution in [3.63, 3.8) is 0 Å². The van der Waals surface area contributed by atoms with Gasteiger partial charge in [0.1, 0.15) is 5.75 Å². The molecule has 2 unspecified atom stereocenters. The monoisotopic (exact) mass is 233 g/mol. The van der Waals surface area contributed by atoms with E-state index in [0.29, 0.717) is 6.04 Å². The minimum atomic E-state index is 0.277. The highest BCUT2D eigenvalue weighted by Crippen LogP contribution is 2.37. The van der Waals surface area contributed by atoms with Crippen LogP contribution in [-0.4, -0.2) is 19.2 Å². The summed E-state index contributed by atoms with van der Waals surface area (Å²) >= 11 is 0. The zero-order valence-electron chi connectivity index (χ0n) is 11.1. The van der Waals surface area contributed by atoms with Crippen LogP contribution in [0, 0.1) is 0 Å². The summed E-state index contributed by atoms with van der Waals surface area (Å²) in [6.45, 7) is 8.51. The third-order valence-electron chi connectivity index (χ3n) is 4.04. The van der Waals surface area contributed by atoms with Crippen molar-refractivity contribution in [3.8, 4) is 5.75 Å². The molecule has 0 spiro atoms. The van der Waals surface area contributed by atoms with E-state index in [4.69, 9.17) is 4.74 Å². The molecule has 1 N–H and O–H groups in total. The second-order valence-corrected chi connectivity index (χ2v) is 5.04. The van der Waals surface area contributed by atoms with Gasteiger partial charge in [0.15, 0.2) is 0 Å². The lowest BCUT2D eigenvalue weighted by Gasteiger charge is -2.31. The van der Waals surface area contributed by atoms with Gasteiger partial charge in [-0.2, -0.15) is 0 Å². The first-order valence-corrected chi connectivity index (χ1v) is 6.67. The van der Waals surface area contributed by atoms with Crippen molar-refractivity contribution >= 4 is 0 Å². The third kappa shape index (κ3) is 2.32. The minimum absolute atomic E-state index is 0.277. The van der Waals surface area contributed by atoms with Gasteiger partial charge in [-0.1, -0.05) is 26.0 Å². The molecule has 2 rings (SSSR count). The second-order valence-electron chi connectivity index (χ2n) is 5.04. The fourth-order valence-electron chi connectivity index (χ4n) is 2.94. The largest absolute Gasteiger partial charge is 0.494 e. The Kier molecular flexibility index (Phi) is 3.72. The maximum atomic E-state index is 5.49. The highest BCUT2D eigenvalue weighted by Gasteiger charge is 2.38. The lowest BCUT2D eigenvalue weighted by molar-refractivity contribution is 0.339. The molecule has 0 aliphatic carbocycles. The molecule has 0 bridgehead atoms. The van der Waals surface area contributed by atoms with Crippen LogP contribution in [0.2, 0.25) is 0 Å². The van der Waals surface area contributed by atoms with Crippen molar-refractivity contribution in [1.29, 1.82) is 0 Å². The fraction of sp³-hybridized carbons (Fsp3) is 0.600. The average Bonchev–Trinajstić information content (AvgIpc) is 2.73. The van der Waals surface area contributed by atoms with E-state index < -0.39 is 0 Å². The van der Waals surface area contributed by atoms with Gasteiger partial charge in [-0.25, -0.2) is 0 Å². The maximum absolute atomic E-state index is 5.49. The van der Waals surface area contributed by atoms with Crippen molar-refractivity contribution in [1.82, 2.24) is 5.32 Å². The van der Waals surface area contributed by atoms with Crippen LogP contribution in [0.4, 0.5) is 0 Å². The highest BCUT2D eigenvalue weighted by molar-refractivity contribution is 5.34. The smallest absolute Gasteiger partial charge is 0.119 e. The summed E-state index contributed by atoms with van der Waals surface area (Å²) in [4.78, 5) is 0. The summed E-state index contributed by atoms with van der Waals surface area (Å²) in [5.41, 5.74) is 1.71. The van der Waals surface area contributed by atoms with Crippen molar-refractivity contribution in [2.75, 3.05) is 13.2 Å². The van der Waals surface area contributed by atoms with Crippen molar-refractivity contribution in [3.05, 3.63) is 29.8 Å². The van der Waals surface area contributed by atoms with Crippen molar-refractivity contribution < 1.29 is 4.74 Å².